The van der Waals surface area contributed by atoms with Gasteiger partial charge in [-0.1, -0.05) is 44.2 Å². The molecule has 5 rings (SSSR count). The molecule has 0 saturated carbocycles. The quantitative estimate of drug-likeness (QED) is 0.426. The van der Waals surface area contributed by atoms with E-state index in [0.717, 1.165) is 37.1 Å². The summed E-state index contributed by atoms with van der Waals surface area (Å²) in [6, 6.07) is 13.1. The molecule has 0 bridgehead atoms. The van der Waals surface area contributed by atoms with Crippen molar-refractivity contribution in [2.45, 2.75) is 45.3 Å². The van der Waals surface area contributed by atoms with Crippen LogP contribution in [0.4, 0.5) is 5.95 Å². The second-order valence-corrected chi connectivity index (χ2v) is 9.34. The maximum Gasteiger partial charge on any atom is 0.322 e. The van der Waals surface area contributed by atoms with Crippen molar-refractivity contribution in [3.63, 3.8) is 0 Å². The average molecular weight is 449 g/mol. The lowest BCUT2D eigenvalue weighted by atomic mass is 10.1. The first kappa shape index (κ1) is 20.9. The van der Waals surface area contributed by atoms with Crippen molar-refractivity contribution in [2.75, 3.05) is 18.4 Å². The Morgan fingerprint density at radius 3 is 2.91 bits per heavy atom. The highest BCUT2D eigenvalue weighted by Crippen LogP contribution is 2.29. The maximum atomic E-state index is 6.18. The van der Waals surface area contributed by atoms with E-state index in [1.807, 2.05) is 6.20 Å². The minimum atomic E-state index is 0.0871. The Labute approximate surface area is 191 Å². The van der Waals surface area contributed by atoms with Crippen molar-refractivity contribution in [3.8, 4) is 16.5 Å². The highest BCUT2D eigenvalue weighted by molar-refractivity contribution is 7.13. The topological polar surface area (TPSA) is 76.4 Å². The Kier molecular flexibility index (Phi) is 6.05. The third kappa shape index (κ3) is 4.33. The van der Waals surface area contributed by atoms with Crippen LogP contribution in [0.1, 0.15) is 43.7 Å². The van der Waals surface area contributed by atoms with Gasteiger partial charge < -0.3 is 15.4 Å². The predicted octanol–water partition coefficient (Wildman–Crippen LogP) is 4.72. The summed E-state index contributed by atoms with van der Waals surface area (Å²) in [6.07, 6.45) is 4.07. The number of anilines is 1. The first-order chi connectivity index (χ1) is 15.7. The Hall–Kier alpha value is -2.97. The van der Waals surface area contributed by atoms with Gasteiger partial charge in [0.05, 0.1) is 6.20 Å². The van der Waals surface area contributed by atoms with Gasteiger partial charge in [0.15, 0.2) is 5.65 Å². The molecular formula is C24H28N6OS. The number of benzene rings is 1. The molecule has 0 spiro atoms. The number of nitrogens with zero attached hydrogens (tertiary/aromatic N) is 4. The number of rotatable bonds is 7. The van der Waals surface area contributed by atoms with E-state index >= 15 is 0 Å². The van der Waals surface area contributed by atoms with Crippen LogP contribution in [0.15, 0.2) is 48.0 Å². The molecule has 32 heavy (non-hydrogen) atoms. The zero-order chi connectivity index (χ0) is 21.9. The van der Waals surface area contributed by atoms with Crippen LogP contribution in [-0.2, 0) is 6.54 Å². The molecule has 1 atom stereocenters. The average Bonchev–Trinajstić information content (AvgIpc) is 3.49. The van der Waals surface area contributed by atoms with Crippen molar-refractivity contribution in [3.05, 3.63) is 59.1 Å². The lowest BCUT2D eigenvalue weighted by molar-refractivity contribution is 0.153. The summed E-state index contributed by atoms with van der Waals surface area (Å²) < 4.78 is 7.97. The number of nitrogens with one attached hydrogen (secondary N) is 2. The molecule has 1 aliphatic rings. The SMILES string of the molecule is CC(C)c1cnn2c(NCc3ccccc3-c3cccs3)nc(OC3CCCNC3)nc12. The smallest absolute Gasteiger partial charge is 0.322 e. The lowest BCUT2D eigenvalue weighted by Gasteiger charge is -2.23. The van der Waals surface area contributed by atoms with Crippen molar-refractivity contribution >= 4 is 22.9 Å². The monoisotopic (exact) mass is 448 g/mol. The maximum absolute atomic E-state index is 6.18. The third-order valence-electron chi connectivity index (χ3n) is 5.76. The number of fused-ring (bicyclic) bond motifs is 1. The van der Waals surface area contributed by atoms with E-state index in [0.29, 0.717) is 24.4 Å². The van der Waals surface area contributed by atoms with Gasteiger partial charge in [0.25, 0.3) is 0 Å². The molecule has 8 heteroatoms. The van der Waals surface area contributed by atoms with Crippen molar-refractivity contribution in [1.82, 2.24) is 24.9 Å². The van der Waals surface area contributed by atoms with Crippen LogP contribution < -0.4 is 15.4 Å². The summed E-state index contributed by atoms with van der Waals surface area (Å²) >= 11 is 1.75. The van der Waals surface area contributed by atoms with Gasteiger partial charge in [-0.05, 0) is 47.9 Å². The summed E-state index contributed by atoms with van der Waals surface area (Å²) in [7, 11) is 0. The van der Waals surface area contributed by atoms with E-state index in [1.165, 1.54) is 16.0 Å². The second-order valence-electron chi connectivity index (χ2n) is 8.39. The van der Waals surface area contributed by atoms with Crippen LogP contribution in [0.25, 0.3) is 16.1 Å². The molecular weight excluding hydrogens is 420 g/mol. The molecule has 7 nitrogen and oxygen atoms in total. The standard InChI is InChI=1S/C24H28N6OS/c1-16(2)20-15-27-30-22(20)28-24(31-18-8-5-11-25-14-18)29-23(30)26-13-17-7-3-4-9-19(17)21-10-6-12-32-21/h3-4,6-7,9-10,12,15-16,18,25H,5,8,11,13-14H2,1-2H3,(H,26,28,29). The molecule has 0 amide bonds. The number of piperidine rings is 1. The molecule has 0 aliphatic carbocycles. The molecule has 2 N–H and O–H groups in total. The van der Waals surface area contributed by atoms with Crippen LogP contribution in [0.3, 0.4) is 0 Å². The van der Waals surface area contributed by atoms with E-state index < -0.39 is 0 Å². The Balaban J connectivity index is 1.46. The molecule has 1 saturated heterocycles. The molecule has 1 unspecified atom stereocenters. The van der Waals surface area contributed by atoms with Crippen LogP contribution >= 0.6 is 11.3 Å². The number of aromatic nitrogens is 4. The summed E-state index contributed by atoms with van der Waals surface area (Å²) in [5, 5.41) is 13.6. The fourth-order valence-electron chi connectivity index (χ4n) is 4.04. The zero-order valence-corrected chi connectivity index (χ0v) is 19.2. The second kappa shape index (κ2) is 9.26. The number of hydrogen-bond acceptors (Lipinski definition) is 7. The first-order valence-corrected chi connectivity index (χ1v) is 12.1. The van der Waals surface area contributed by atoms with Crippen LogP contribution in [-0.4, -0.2) is 38.8 Å². The zero-order valence-electron chi connectivity index (χ0n) is 18.4. The normalized spacial score (nSPS) is 16.5. The Bertz CT molecular complexity index is 1180. The van der Waals surface area contributed by atoms with Crippen molar-refractivity contribution in [1.29, 1.82) is 0 Å². The number of thiophene rings is 1. The van der Waals surface area contributed by atoms with E-state index in [2.05, 4.69) is 71.4 Å². The highest BCUT2D eigenvalue weighted by Gasteiger charge is 2.20. The van der Waals surface area contributed by atoms with Crippen LogP contribution in [0.2, 0.25) is 0 Å². The van der Waals surface area contributed by atoms with E-state index in [-0.39, 0.29) is 6.10 Å². The molecule has 4 aromatic rings. The minimum Gasteiger partial charge on any atom is -0.459 e. The minimum absolute atomic E-state index is 0.0871. The van der Waals surface area contributed by atoms with Crippen molar-refractivity contribution < 1.29 is 4.74 Å². The van der Waals surface area contributed by atoms with Gasteiger partial charge in [-0.25, -0.2) is 0 Å². The van der Waals surface area contributed by atoms with Crippen LogP contribution in [0.5, 0.6) is 6.01 Å². The fraction of sp³-hybridized carbons (Fsp3) is 0.375. The first-order valence-electron chi connectivity index (χ1n) is 11.2. The Morgan fingerprint density at radius 1 is 1.22 bits per heavy atom. The number of hydrogen-bond donors (Lipinski definition) is 2. The van der Waals surface area contributed by atoms with Gasteiger partial charge in [0, 0.05) is 23.5 Å². The molecule has 0 radical (unpaired) electrons. The van der Waals surface area contributed by atoms with Gasteiger partial charge in [0.1, 0.15) is 6.10 Å². The summed E-state index contributed by atoms with van der Waals surface area (Å²) in [5.41, 5.74) is 4.31. The van der Waals surface area contributed by atoms with Gasteiger partial charge in [-0.3, -0.25) is 0 Å². The van der Waals surface area contributed by atoms with E-state index in [9.17, 15) is 0 Å². The summed E-state index contributed by atoms with van der Waals surface area (Å²) in [5.74, 6) is 0.945. The van der Waals surface area contributed by atoms with Gasteiger partial charge in [0.2, 0.25) is 5.95 Å². The molecule has 1 aromatic carbocycles. The lowest BCUT2D eigenvalue weighted by Crippen LogP contribution is -2.37. The third-order valence-corrected chi connectivity index (χ3v) is 6.66. The molecule has 166 valence electrons. The summed E-state index contributed by atoms with van der Waals surface area (Å²) in [4.78, 5) is 10.7. The van der Waals surface area contributed by atoms with E-state index in [1.54, 1.807) is 15.9 Å². The largest absolute Gasteiger partial charge is 0.459 e. The highest BCUT2D eigenvalue weighted by atomic mass is 32.1. The van der Waals surface area contributed by atoms with Gasteiger partial charge in [-0.15, -0.1) is 11.3 Å². The predicted molar refractivity (Wildman–Crippen MR) is 128 cm³/mol. The van der Waals surface area contributed by atoms with Gasteiger partial charge >= 0.3 is 6.01 Å². The van der Waals surface area contributed by atoms with E-state index in [4.69, 9.17) is 14.7 Å². The molecule has 4 heterocycles. The fourth-order valence-corrected chi connectivity index (χ4v) is 4.83. The molecule has 1 fully saturated rings. The van der Waals surface area contributed by atoms with Gasteiger partial charge in [-0.2, -0.15) is 19.6 Å². The number of ether oxygens (including phenoxy) is 1. The Morgan fingerprint density at radius 2 is 2.12 bits per heavy atom. The van der Waals surface area contributed by atoms with Crippen LogP contribution in [0, 0.1) is 0 Å². The summed E-state index contributed by atoms with van der Waals surface area (Å²) in [6.45, 7) is 6.78. The van der Waals surface area contributed by atoms with Crippen molar-refractivity contribution in [2.24, 2.45) is 0 Å². The molecule has 3 aromatic heterocycles. The molecule has 1 aliphatic heterocycles.